The van der Waals surface area contributed by atoms with Gasteiger partial charge in [-0.1, -0.05) is 57.2 Å². The topological polar surface area (TPSA) is 12.0 Å². The molecule has 0 aliphatic heterocycles. The van der Waals surface area contributed by atoms with Crippen LogP contribution in [0, 0.1) is 5.41 Å². The zero-order valence-electron chi connectivity index (χ0n) is 11.0. The summed E-state index contributed by atoms with van der Waals surface area (Å²) < 4.78 is 0. The first-order valence-corrected chi connectivity index (χ1v) is 6.23. The third-order valence-electron chi connectivity index (χ3n) is 2.80. The molecule has 0 saturated heterocycles. The van der Waals surface area contributed by atoms with Gasteiger partial charge in [0.15, 0.2) is 0 Å². The lowest BCUT2D eigenvalue weighted by Gasteiger charge is -2.18. The van der Waals surface area contributed by atoms with Gasteiger partial charge in [0, 0.05) is 13.1 Å². The summed E-state index contributed by atoms with van der Waals surface area (Å²) in [5.41, 5.74) is 1.70. The minimum Gasteiger partial charge on any atom is -0.312 e. The van der Waals surface area contributed by atoms with Crippen LogP contribution in [0.4, 0.5) is 0 Å². The van der Waals surface area contributed by atoms with Gasteiger partial charge in [0.1, 0.15) is 0 Å². The molecule has 0 radical (unpaired) electrons. The fourth-order valence-electron chi connectivity index (χ4n) is 1.93. The summed E-state index contributed by atoms with van der Waals surface area (Å²) in [7, 11) is 0. The Hall–Kier alpha value is -1.34. The van der Waals surface area contributed by atoms with Crippen LogP contribution < -0.4 is 5.32 Å². The molecule has 0 unspecified atom stereocenters. The Bertz CT molecular complexity index is 494. The van der Waals surface area contributed by atoms with Gasteiger partial charge in [0.2, 0.25) is 0 Å². The summed E-state index contributed by atoms with van der Waals surface area (Å²) in [6, 6.07) is 15.2. The third-order valence-corrected chi connectivity index (χ3v) is 2.80. The summed E-state index contributed by atoms with van der Waals surface area (Å²) in [5, 5.41) is 6.14. The van der Waals surface area contributed by atoms with Crippen LogP contribution in [-0.4, -0.2) is 6.54 Å². The molecule has 0 heterocycles. The highest BCUT2D eigenvalue weighted by atomic mass is 14.9. The SMILES string of the molecule is CC(C)(C)CNCc1ccc2ccccc2c1. The Labute approximate surface area is 104 Å². The van der Waals surface area contributed by atoms with Gasteiger partial charge in [-0.15, -0.1) is 0 Å². The van der Waals surface area contributed by atoms with Crippen molar-refractivity contribution in [2.75, 3.05) is 6.54 Å². The molecule has 2 aromatic rings. The Morgan fingerprint density at radius 1 is 0.941 bits per heavy atom. The molecule has 2 aromatic carbocycles. The average molecular weight is 227 g/mol. The van der Waals surface area contributed by atoms with Crippen LogP contribution in [0.15, 0.2) is 42.5 Å². The standard InChI is InChI=1S/C16H21N/c1-16(2,3)12-17-11-13-8-9-14-6-4-5-7-15(14)10-13/h4-10,17H,11-12H2,1-3H3. The molecule has 1 nitrogen and oxygen atoms in total. The van der Waals surface area contributed by atoms with Crippen molar-refractivity contribution in [2.45, 2.75) is 27.3 Å². The largest absolute Gasteiger partial charge is 0.312 e. The Kier molecular flexibility index (Phi) is 3.49. The van der Waals surface area contributed by atoms with Gasteiger partial charge in [-0.05, 0) is 27.8 Å². The third kappa shape index (κ3) is 3.57. The van der Waals surface area contributed by atoms with Crippen LogP contribution in [0.3, 0.4) is 0 Å². The van der Waals surface area contributed by atoms with Crippen molar-refractivity contribution in [2.24, 2.45) is 5.41 Å². The monoisotopic (exact) mass is 227 g/mol. The second-order valence-corrected chi connectivity index (χ2v) is 5.85. The first-order chi connectivity index (χ1) is 8.04. The average Bonchev–Trinajstić information content (AvgIpc) is 2.27. The molecule has 0 amide bonds. The molecule has 0 aliphatic rings. The van der Waals surface area contributed by atoms with E-state index in [1.807, 2.05) is 0 Å². The lowest BCUT2D eigenvalue weighted by molar-refractivity contribution is 0.379. The summed E-state index contributed by atoms with van der Waals surface area (Å²) in [5.74, 6) is 0. The van der Waals surface area contributed by atoms with Crippen molar-refractivity contribution < 1.29 is 0 Å². The first-order valence-electron chi connectivity index (χ1n) is 6.23. The van der Waals surface area contributed by atoms with Gasteiger partial charge >= 0.3 is 0 Å². The summed E-state index contributed by atoms with van der Waals surface area (Å²) in [6.07, 6.45) is 0. The molecule has 17 heavy (non-hydrogen) atoms. The quantitative estimate of drug-likeness (QED) is 0.836. The number of nitrogens with one attached hydrogen (secondary N) is 1. The molecule has 90 valence electrons. The van der Waals surface area contributed by atoms with E-state index in [0.29, 0.717) is 5.41 Å². The Balaban J connectivity index is 2.04. The molecule has 1 N–H and O–H groups in total. The molecule has 0 aromatic heterocycles. The molecule has 0 aliphatic carbocycles. The molecule has 0 fully saturated rings. The second kappa shape index (κ2) is 4.89. The van der Waals surface area contributed by atoms with Crippen molar-refractivity contribution >= 4 is 10.8 Å². The normalized spacial score (nSPS) is 11.9. The van der Waals surface area contributed by atoms with Crippen molar-refractivity contribution in [3.8, 4) is 0 Å². The highest BCUT2D eigenvalue weighted by molar-refractivity contribution is 5.82. The maximum absolute atomic E-state index is 3.51. The molecule has 1 heteroatoms. The van der Waals surface area contributed by atoms with Crippen LogP contribution in [0.1, 0.15) is 26.3 Å². The highest BCUT2D eigenvalue weighted by Crippen LogP contribution is 2.16. The van der Waals surface area contributed by atoms with E-state index in [1.54, 1.807) is 0 Å². The predicted octanol–water partition coefficient (Wildman–Crippen LogP) is 3.98. The van der Waals surface area contributed by atoms with Crippen LogP contribution in [0.5, 0.6) is 0 Å². The highest BCUT2D eigenvalue weighted by Gasteiger charge is 2.08. The molecular formula is C16H21N. The fraction of sp³-hybridized carbons (Fsp3) is 0.375. The van der Waals surface area contributed by atoms with Gasteiger partial charge in [0.05, 0.1) is 0 Å². The maximum Gasteiger partial charge on any atom is 0.0205 e. The predicted molar refractivity (Wildman–Crippen MR) is 75.1 cm³/mol. The summed E-state index contributed by atoms with van der Waals surface area (Å²) in [4.78, 5) is 0. The molecule has 0 saturated carbocycles. The number of benzene rings is 2. The minimum atomic E-state index is 0.344. The van der Waals surface area contributed by atoms with Gasteiger partial charge in [-0.2, -0.15) is 0 Å². The van der Waals surface area contributed by atoms with Crippen molar-refractivity contribution in [3.63, 3.8) is 0 Å². The Morgan fingerprint density at radius 2 is 1.65 bits per heavy atom. The summed E-state index contributed by atoms with van der Waals surface area (Å²) >= 11 is 0. The smallest absolute Gasteiger partial charge is 0.0205 e. The second-order valence-electron chi connectivity index (χ2n) is 5.85. The van der Waals surface area contributed by atoms with E-state index in [9.17, 15) is 0 Å². The summed E-state index contributed by atoms with van der Waals surface area (Å²) in [6.45, 7) is 8.74. The number of hydrogen-bond donors (Lipinski definition) is 1. The van der Waals surface area contributed by atoms with Crippen LogP contribution in [0.25, 0.3) is 10.8 Å². The molecule has 0 spiro atoms. The van der Waals surface area contributed by atoms with Crippen LogP contribution >= 0.6 is 0 Å². The van der Waals surface area contributed by atoms with Crippen LogP contribution in [-0.2, 0) is 6.54 Å². The van der Waals surface area contributed by atoms with Crippen molar-refractivity contribution in [1.29, 1.82) is 0 Å². The van der Waals surface area contributed by atoms with Crippen molar-refractivity contribution in [1.82, 2.24) is 5.32 Å². The zero-order chi connectivity index (χ0) is 12.3. The molecule has 0 atom stereocenters. The maximum atomic E-state index is 3.51. The zero-order valence-corrected chi connectivity index (χ0v) is 11.0. The molecule has 2 rings (SSSR count). The fourth-order valence-corrected chi connectivity index (χ4v) is 1.93. The lowest BCUT2D eigenvalue weighted by atomic mass is 9.97. The van der Waals surface area contributed by atoms with E-state index in [4.69, 9.17) is 0 Å². The van der Waals surface area contributed by atoms with E-state index in [2.05, 4.69) is 68.6 Å². The lowest BCUT2D eigenvalue weighted by Crippen LogP contribution is -2.26. The Morgan fingerprint density at radius 3 is 2.35 bits per heavy atom. The van der Waals surface area contributed by atoms with Gasteiger partial charge in [0.25, 0.3) is 0 Å². The van der Waals surface area contributed by atoms with Crippen molar-refractivity contribution in [3.05, 3.63) is 48.0 Å². The van der Waals surface area contributed by atoms with E-state index < -0.39 is 0 Å². The first kappa shape index (κ1) is 12.1. The van der Waals surface area contributed by atoms with Gasteiger partial charge < -0.3 is 5.32 Å². The van der Waals surface area contributed by atoms with E-state index in [-0.39, 0.29) is 0 Å². The number of hydrogen-bond acceptors (Lipinski definition) is 1. The number of rotatable bonds is 3. The van der Waals surface area contributed by atoms with Gasteiger partial charge in [-0.25, -0.2) is 0 Å². The number of fused-ring (bicyclic) bond motifs is 1. The van der Waals surface area contributed by atoms with E-state index in [1.165, 1.54) is 16.3 Å². The van der Waals surface area contributed by atoms with Gasteiger partial charge in [-0.3, -0.25) is 0 Å². The molecular weight excluding hydrogens is 206 g/mol. The van der Waals surface area contributed by atoms with E-state index >= 15 is 0 Å². The minimum absolute atomic E-state index is 0.344. The molecule has 0 bridgehead atoms. The van der Waals surface area contributed by atoms with Crippen LogP contribution in [0.2, 0.25) is 0 Å². The van der Waals surface area contributed by atoms with E-state index in [0.717, 1.165) is 13.1 Å².